The molecule has 0 saturated carbocycles. The minimum atomic E-state index is -0.454. The SMILES string of the molecule is CC[C@H]1CN(C(=O)OC(C)(C)C)CC[C@H]1C#N. The zero-order valence-electron chi connectivity index (χ0n) is 11.2. The molecule has 1 fully saturated rings. The molecule has 1 saturated heterocycles. The van der Waals surface area contributed by atoms with Gasteiger partial charge in [0.2, 0.25) is 0 Å². The van der Waals surface area contributed by atoms with Crippen LogP contribution in [0.2, 0.25) is 0 Å². The van der Waals surface area contributed by atoms with Crippen molar-refractivity contribution in [3.8, 4) is 6.07 Å². The Labute approximate surface area is 104 Å². The molecule has 0 radical (unpaired) electrons. The predicted octanol–water partition coefficient (Wildman–Crippen LogP) is 2.79. The first-order valence-electron chi connectivity index (χ1n) is 6.25. The van der Waals surface area contributed by atoms with Crippen LogP contribution >= 0.6 is 0 Å². The summed E-state index contributed by atoms with van der Waals surface area (Å²) in [5, 5.41) is 9.02. The van der Waals surface area contributed by atoms with Crippen molar-refractivity contribution in [2.45, 2.75) is 46.1 Å². The van der Waals surface area contributed by atoms with Gasteiger partial charge in [-0.1, -0.05) is 13.3 Å². The summed E-state index contributed by atoms with van der Waals surface area (Å²) in [6.45, 7) is 8.93. The molecule has 0 aliphatic carbocycles. The number of nitriles is 1. The topological polar surface area (TPSA) is 53.3 Å². The first-order chi connectivity index (χ1) is 7.87. The van der Waals surface area contributed by atoms with Crippen molar-refractivity contribution in [2.75, 3.05) is 13.1 Å². The molecule has 4 heteroatoms. The molecular formula is C13H22N2O2. The molecule has 4 nitrogen and oxygen atoms in total. The number of piperidine rings is 1. The number of carbonyl (C=O) groups is 1. The summed E-state index contributed by atoms with van der Waals surface area (Å²) in [5.41, 5.74) is -0.454. The van der Waals surface area contributed by atoms with Gasteiger partial charge in [0.1, 0.15) is 5.60 Å². The van der Waals surface area contributed by atoms with Crippen LogP contribution in [0.5, 0.6) is 0 Å². The maximum Gasteiger partial charge on any atom is 0.410 e. The van der Waals surface area contributed by atoms with Gasteiger partial charge in [-0.25, -0.2) is 4.79 Å². The van der Waals surface area contributed by atoms with E-state index in [2.05, 4.69) is 13.0 Å². The molecule has 96 valence electrons. The van der Waals surface area contributed by atoms with Crippen LogP contribution in [0, 0.1) is 23.2 Å². The minimum absolute atomic E-state index is 0.0821. The lowest BCUT2D eigenvalue weighted by Gasteiger charge is -2.36. The third kappa shape index (κ3) is 3.92. The standard InChI is InChI=1S/C13H22N2O2/c1-5-10-9-15(7-6-11(10)8-14)12(16)17-13(2,3)4/h10-11H,5-7,9H2,1-4H3/t10-,11-/m0/s1. The predicted molar refractivity (Wildman–Crippen MR) is 65.3 cm³/mol. The van der Waals surface area contributed by atoms with E-state index in [0.717, 1.165) is 12.8 Å². The van der Waals surface area contributed by atoms with Gasteiger partial charge in [0.25, 0.3) is 0 Å². The molecule has 0 spiro atoms. The molecule has 1 heterocycles. The van der Waals surface area contributed by atoms with Crippen molar-refractivity contribution in [2.24, 2.45) is 11.8 Å². The van der Waals surface area contributed by atoms with Crippen LogP contribution in [0.4, 0.5) is 4.79 Å². The molecule has 2 atom stereocenters. The molecule has 0 bridgehead atoms. The second-order valence-corrected chi connectivity index (χ2v) is 5.62. The van der Waals surface area contributed by atoms with Crippen molar-refractivity contribution in [3.63, 3.8) is 0 Å². The van der Waals surface area contributed by atoms with E-state index in [0.29, 0.717) is 13.1 Å². The Morgan fingerprint density at radius 1 is 1.53 bits per heavy atom. The molecule has 0 unspecified atom stereocenters. The van der Waals surface area contributed by atoms with Gasteiger partial charge in [-0.2, -0.15) is 5.26 Å². The number of amides is 1. The number of rotatable bonds is 1. The summed E-state index contributed by atoms with van der Waals surface area (Å²) in [6, 6.07) is 2.33. The number of hydrogen-bond acceptors (Lipinski definition) is 3. The van der Waals surface area contributed by atoms with Gasteiger partial charge in [-0.15, -0.1) is 0 Å². The van der Waals surface area contributed by atoms with Crippen molar-refractivity contribution >= 4 is 6.09 Å². The van der Waals surface area contributed by atoms with Crippen molar-refractivity contribution in [3.05, 3.63) is 0 Å². The Balaban J connectivity index is 2.58. The summed E-state index contributed by atoms with van der Waals surface area (Å²) in [5.74, 6) is 0.361. The largest absolute Gasteiger partial charge is 0.444 e. The molecule has 1 aliphatic rings. The number of likely N-dealkylation sites (tertiary alicyclic amines) is 1. The molecular weight excluding hydrogens is 216 g/mol. The Morgan fingerprint density at radius 3 is 2.65 bits per heavy atom. The van der Waals surface area contributed by atoms with Gasteiger partial charge < -0.3 is 9.64 Å². The molecule has 0 aromatic heterocycles. The van der Waals surface area contributed by atoms with E-state index < -0.39 is 5.60 Å². The van der Waals surface area contributed by atoms with Gasteiger partial charge in [-0.3, -0.25) is 0 Å². The maximum absolute atomic E-state index is 11.9. The lowest BCUT2D eigenvalue weighted by atomic mass is 9.85. The maximum atomic E-state index is 11.9. The highest BCUT2D eigenvalue weighted by Gasteiger charge is 2.32. The number of nitrogens with zero attached hydrogens (tertiary/aromatic N) is 2. The summed E-state index contributed by atoms with van der Waals surface area (Å²) >= 11 is 0. The van der Waals surface area contributed by atoms with Gasteiger partial charge in [-0.05, 0) is 33.1 Å². The van der Waals surface area contributed by atoms with Crippen LogP contribution in [0.25, 0.3) is 0 Å². The van der Waals surface area contributed by atoms with Crippen LogP contribution < -0.4 is 0 Å². The fourth-order valence-electron chi connectivity index (χ4n) is 2.11. The lowest BCUT2D eigenvalue weighted by molar-refractivity contribution is 0.0131. The second-order valence-electron chi connectivity index (χ2n) is 5.62. The molecule has 0 aromatic carbocycles. The van der Waals surface area contributed by atoms with Crippen molar-refractivity contribution in [1.29, 1.82) is 5.26 Å². The highest BCUT2D eigenvalue weighted by molar-refractivity contribution is 5.68. The smallest absolute Gasteiger partial charge is 0.410 e. The van der Waals surface area contributed by atoms with E-state index in [1.54, 1.807) is 4.90 Å². The molecule has 17 heavy (non-hydrogen) atoms. The van der Waals surface area contributed by atoms with Crippen LogP contribution in [-0.4, -0.2) is 29.7 Å². The summed E-state index contributed by atoms with van der Waals surface area (Å²) < 4.78 is 5.34. The Bertz CT molecular complexity index is 314. The Morgan fingerprint density at radius 2 is 2.18 bits per heavy atom. The highest BCUT2D eigenvalue weighted by atomic mass is 16.6. The Hall–Kier alpha value is -1.24. The monoisotopic (exact) mass is 238 g/mol. The first-order valence-corrected chi connectivity index (χ1v) is 6.25. The van der Waals surface area contributed by atoms with Gasteiger partial charge in [0, 0.05) is 13.1 Å². The average molecular weight is 238 g/mol. The van der Waals surface area contributed by atoms with E-state index >= 15 is 0 Å². The zero-order valence-corrected chi connectivity index (χ0v) is 11.2. The fraction of sp³-hybridized carbons (Fsp3) is 0.846. The normalized spacial score (nSPS) is 25.2. The van der Waals surface area contributed by atoms with E-state index in [-0.39, 0.29) is 17.9 Å². The molecule has 0 N–H and O–H groups in total. The summed E-state index contributed by atoms with van der Waals surface area (Å²) in [4.78, 5) is 13.6. The summed E-state index contributed by atoms with van der Waals surface area (Å²) in [7, 11) is 0. The number of ether oxygens (including phenoxy) is 1. The number of carbonyl (C=O) groups excluding carboxylic acids is 1. The molecule has 0 aromatic rings. The van der Waals surface area contributed by atoms with Crippen molar-refractivity contribution in [1.82, 2.24) is 4.90 Å². The van der Waals surface area contributed by atoms with Gasteiger partial charge >= 0.3 is 6.09 Å². The summed E-state index contributed by atoms with van der Waals surface area (Å²) in [6.07, 6.45) is 1.43. The van der Waals surface area contributed by atoms with E-state index in [1.807, 2.05) is 20.8 Å². The van der Waals surface area contributed by atoms with Crippen LogP contribution in [-0.2, 0) is 4.74 Å². The van der Waals surface area contributed by atoms with Crippen LogP contribution in [0.3, 0.4) is 0 Å². The molecule has 1 rings (SSSR count). The minimum Gasteiger partial charge on any atom is -0.444 e. The fourth-order valence-corrected chi connectivity index (χ4v) is 2.11. The van der Waals surface area contributed by atoms with Crippen LogP contribution in [0.1, 0.15) is 40.5 Å². The van der Waals surface area contributed by atoms with Crippen molar-refractivity contribution < 1.29 is 9.53 Å². The van der Waals surface area contributed by atoms with Gasteiger partial charge in [0.05, 0.1) is 12.0 Å². The second kappa shape index (κ2) is 5.39. The van der Waals surface area contributed by atoms with Gasteiger partial charge in [0.15, 0.2) is 0 Å². The average Bonchev–Trinajstić information content (AvgIpc) is 2.25. The zero-order chi connectivity index (χ0) is 13.1. The Kier molecular flexibility index (Phi) is 4.39. The van der Waals surface area contributed by atoms with E-state index in [4.69, 9.17) is 10.00 Å². The number of hydrogen-bond donors (Lipinski definition) is 0. The van der Waals surface area contributed by atoms with Crippen LogP contribution in [0.15, 0.2) is 0 Å². The molecule has 1 aliphatic heterocycles. The third-order valence-electron chi connectivity index (χ3n) is 3.08. The highest BCUT2D eigenvalue weighted by Crippen LogP contribution is 2.26. The van der Waals surface area contributed by atoms with E-state index in [1.165, 1.54) is 0 Å². The quantitative estimate of drug-likeness (QED) is 0.705. The van der Waals surface area contributed by atoms with E-state index in [9.17, 15) is 4.79 Å². The molecule has 1 amide bonds. The lowest BCUT2D eigenvalue weighted by Crippen LogP contribution is -2.45. The first kappa shape index (κ1) is 13.8. The third-order valence-corrected chi connectivity index (χ3v) is 3.08.